The number of carbonyl (C=O) groups is 1. The SMILES string of the molecule is CN(C)c1ccc(N(c2ccc(C3=NC(=O)c4c(-c5ccc(N(c6ccc(N(C)C)cc6)c6ccc(N(C)C)cc6)cc5)[nH]c(O)c43)cc2)c2ccc(N(C)C)cc2)cc1. The van der Waals surface area contributed by atoms with Crippen molar-refractivity contribution in [3.63, 3.8) is 0 Å². The molecule has 60 heavy (non-hydrogen) atoms. The maximum Gasteiger partial charge on any atom is 0.280 e. The van der Waals surface area contributed by atoms with Gasteiger partial charge in [0.2, 0.25) is 0 Å². The van der Waals surface area contributed by atoms with Gasteiger partial charge in [-0.15, -0.1) is 0 Å². The summed E-state index contributed by atoms with van der Waals surface area (Å²) in [4.78, 5) is 34.0. The van der Waals surface area contributed by atoms with Crippen molar-refractivity contribution in [3.05, 3.63) is 162 Å². The first-order valence-electron chi connectivity index (χ1n) is 19.9. The van der Waals surface area contributed by atoms with Crippen LogP contribution in [0.2, 0.25) is 0 Å². The quantitative estimate of drug-likeness (QED) is 0.127. The molecule has 0 atom stereocenters. The molecular weight excluding hydrogens is 745 g/mol. The number of nitrogens with one attached hydrogen (secondary N) is 1. The van der Waals surface area contributed by atoms with Gasteiger partial charge < -0.3 is 39.5 Å². The standard InChI is InChI=1S/C50H50N8O2/c1-53(2)35-17-25-41(26-18-35)57(42-27-19-36(20-28-42)54(3)4)39-13-9-33(10-14-39)47-45-46(50(60)51-47)48(52-49(45)59)34-11-15-40(16-12-34)58(43-29-21-37(22-30-43)55(5)6)44-31-23-38(24-32-44)56(7)8/h9-32,51,60H,1-8H3. The summed E-state index contributed by atoms with van der Waals surface area (Å²) in [5.41, 5.74) is 13.6. The highest BCUT2D eigenvalue weighted by Gasteiger charge is 2.33. The van der Waals surface area contributed by atoms with E-state index in [9.17, 15) is 9.90 Å². The fraction of sp³-hybridized carbons (Fsp3) is 0.160. The first kappa shape index (κ1) is 39.4. The van der Waals surface area contributed by atoms with Crippen LogP contribution in [0.15, 0.2) is 151 Å². The number of H-pyrrole nitrogens is 1. The van der Waals surface area contributed by atoms with E-state index < -0.39 is 5.91 Å². The first-order valence-corrected chi connectivity index (χ1v) is 19.9. The van der Waals surface area contributed by atoms with Gasteiger partial charge in [0.15, 0.2) is 5.88 Å². The third-order valence-corrected chi connectivity index (χ3v) is 11.0. The largest absolute Gasteiger partial charge is 0.494 e. The molecule has 2 heterocycles. The molecule has 6 aromatic carbocycles. The second-order valence-corrected chi connectivity index (χ2v) is 15.8. The number of aliphatic imine (C=N–C) groups is 1. The zero-order valence-corrected chi connectivity index (χ0v) is 35.3. The van der Waals surface area contributed by atoms with Crippen LogP contribution in [0.5, 0.6) is 5.88 Å². The number of anilines is 10. The molecule has 0 spiro atoms. The Morgan fingerprint density at radius 2 is 0.650 bits per heavy atom. The van der Waals surface area contributed by atoms with Gasteiger partial charge in [-0.25, -0.2) is 4.99 Å². The Morgan fingerprint density at radius 3 is 0.950 bits per heavy atom. The van der Waals surface area contributed by atoms with Crippen LogP contribution >= 0.6 is 0 Å². The molecule has 0 unspecified atom stereocenters. The highest BCUT2D eigenvalue weighted by atomic mass is 16.3. The van der Waals surface area contributed by atoms with E-state index in [1.54, 1.807) is 0 Å². The summed E-state index contributed by atoms with van der Waals surface area (Å²) in [6, 6.07) is 49.8. The number of rotatable bonds is 12. The molecule has 7 aromatic rings. The topological polar surface area (TPSA) is 84.9 Å². The minimum Gasteiger partial charge on any atom is -0.494 e. The Morgan fingerprint density at radius 1 is 0.383 bits per heavy atom. The van der Waals surface area contributed by atoms with Gasteiger partial charge in [0.1, 0.15) is 0 Å². The average molecular weight is 795 g/mol. The van der Waals surface area contributed by atoms with Crippen LogP contribution in [0.1, 0.15) is 21.5 Å². The Bertz CT molecular complexity index is 2540. The van der Waals surface area contributed by atoms with Crippen LogP contribution in [0.4, 0.5) is 56.9 Å². The lowest BCUT2D eigenvalue weighted by atomic mass is 9.99. The minimum absolute atomic E-state index is 0.0927. The summed E-state index contributed by atoms with van der Waals surface area (Å²) in [6.45, 7) is 0. The molecule has 0 aliphatic carbocycles. The van der Waals surface area contributed by atoms with Crippen LogP contribution in [0, 0.1) is 0 Å². The summed E-state index contributed by atoms with van der Waals surface area (Å²) in [6.07, 6.45) is 0. The third-order valence-electron chi connectivity index (χ3n) is 11.0. The molecule has 0 fully saturated rings. The molecule has 10 nitrogen and oxygen atoms in total. The first-order chi connectivity index (χ1) is 28.9. The van der Waals surface area contributed by atoms with Crippen LogP contribution in [0.25, 0.3) is 11.3 Å². The summed E-state index contributed by atoms with van der Waals surface area (Å²) < 4.78 is 0. The number of aromatic hydroxyl groups is 1. The van der Waals surface area contributed by atoms with E-state index in [2.05, 4.69) is 136 Å². The number of nitrogens with zero attached hydrogens (tertiary/aromatic N) is 7. The van der Waals surface area contributed by atoms with Crippen LogP contribution in [-0.4, -0.2) is 78.1 Å². The molecule has 8 rings (SSSR count). The van der Waals surface area contributed by atoms with Gasteiger partial charge in [-0.05, 0) is 127 Å². The summed E-state index contributed by atoms with van der Waals surface area (Å²) in [5, 5.41) is 11.4. The molecule has 1 aliphatic rings. The number of aromatic nitrogens is 1. The number of fused-ring (bicyclic) bond motifs is 1. The Kier molecular flexibility index (Phi) is 10.5. The van der Waals surface area contributed by atoms with E-state index >= 15 is 0 Å². The molecule has 0 radical (unpaired) electrons. The molecule has 0 saturated heterocycles. The number of hydrogen-bond acceptors (Lipinski definition) is 8. The van der Waals surface area contributed by atoms with Crippen molar-refractivity contribution in [3.8, 4) is 17.1 Å². The predicted octanol–water partition coefficient (Wildman–Crippen LogP) is 10.6. The van der Waals surface area contributed by atoms with E-state index in [1.807, 2.05) is 105 Å². The highest BCUT2D eigenvalue weighted by Crippen LogP contribution is 2.42. The van der Waals surface area contributed by atoms with E-state index in [4.69, 9.17) is 0 Å². The summed E-state index contributed by atoms with van der Waals surface area (Å²) in [5.74, 6) is -0.489. The maximum atomic E-state index is 13.7. The van der Waals surface area contributed by atoms with E-state index in [-0.39, 0.29) is 5.88 Å². The molecular formula is C50H50N8O2. The third kappa shape index (κ3) is 7.51. The van der Waals surface area contributed by atoms with Crippen molar-refractivity contribution in [2.24, 2.45) is 4.99 Å². The predicted molar refractivity (Wildman–Crippen MR) is 251 cm³/mol. The van der Waals surface area contributed by atoms with Gasteiger partial charge in [0.25, 0.3) is 5.91 Å². The molecule has 1 amide bonds. The number of carbonyl (C=O) groups excluding carboxylic acids is 1. The summed E-state index contributed by atoms with van der Waals surface area (Å²) in [7, 11) is 16.2. The van der Waals surface area contributed by atoms with Gasteiger partial charge >= 0.3 is 0 Å². The molecule has 1 aliphatic heterocycles. The van der Waals surface area contributed by atoms with Crippen LogP contribution in [0.3, 0.4) is 0 Å². The number of amides is 1. The van der Waals surface area contributed by atoms with E-state index in [1.165, 1.54) is 0 Å². The van der Waals surface area contributed by atoms with E-state index in [0.29, 0.717) is 22.5 Å². The van der Waals surface area contributed by atoms with Gasteiger partial charge in [0.05, 0.1) is 22.5 Å². The second kappa shape index (κ2) is 16.1. The number of benzene rings is 6. The molecule has 0 saturated carbocycles. The molecule has 2 N–H and O–H groups in total. The lowest BCUT2D eigenvalue weighted by Gasteiger charge is -2.27. The van der Waals surface area contributed by atoms with Crippen LogP contribution in [-0.2, 0) is 0 Å². The van der Waals surface area contributed by atoms with Gasteiger partial charge in [0, 0.05) is 119 Å². The fourth-order valence-electron chi connectivity index (χ4n) is 7.61. The Hall–Kier alpha value is -7.46. The van der Waals surface area contributed by atoms with Gasteiger partial charge in [-0.2, -0.15) is 0 Å². The molecule has 0 bridgehead atoms. The lowest BCUT2D eigenvalue weighted by molar-refractivity contribution is 0.101. The van der Waals surface area contributed by atoms with Crippen molar-refractivity contribution < 1.29 is 9.90 Å². The lowest BCUT2D eigenvalue weighted by Crippen LogP contribution is -2.13. The zero-order chi connectivity index (χ0) is 42.2. The highest BCUT2D eigenvalue weighted by molar-refractivity contribution is 6.30. The van der Waals surface area contributed by atoms with Crippen molar-refractivity contribution in [1.82, 2.24) is 4.98 Å². The van der Waals surface area contributed by atoms with Gasteiger partial charge in [-0.3, -0.25) is 4.79 Å². The average Bonchev–Trinajstić information content (AvgIpc) is 3.79. The maximum absolute atomic E-state index is 13.7. The van der Waals surface area contributed by atoms with E-state index in [0.717, 1.165) is 68.0 Å². The van der Waals surface area contributed by atoms with Crippen molar-refractivity contribution in [2.45, 2.75) is 0 Å². The Balaban J connectivity index is 1.10. The summed E-state index contributed by atoms with van der Waals surface area (Å²) >= 11 is 0. The zero-order valence-electron chi connectivity index (χ0n) is 35.3. The smallest absolute Gasteiger partial charge is 0.280 e. The number of hydrogen-bond donors (Lipinski definition) is 2. The van der Waals surface area contributed by atoms with Crippen molar-refractivity contribution in [1.29, 1.82) is 0 Å². The normalized spacial score (nSPS) is 11.9. The molecule has 1 aromatic heterocycles. The molecule has 302 valence electrons. The monoisotopic (exact) mass is 794 g/mol. The molecule has 10 heteroatoms. The fourth-order valence-corrected chi connectivity index (χ4v) is 7.61. The van der Waals surface area contributed by atoms with Gasteiger partial charge in [-0.1, -0.05) is 24.3 Å². The van der Waals surface area contributed by atoms with Crippen molar-refractivity contribution >= 4 is 68.5 Å². The number of aromatic amines is 1. The Labute approximate surface area is 352 Å². The van der Waals surface area contributed by atoms with Crippen LogP contribution < -0.4 is 29.4 Å². The minimum atomic E-state index is -0.396. The second-order valence-electron chi connectivity index (χ2n) is 15.8. The van der Waals surface area contributed by atoms with Crippen molar-refractivity contribution in [2.75, 3.05) is 85.8 Å².